The van der Waals surface area contributed by atoms with Crippen molar-refractivity contribution in [2.45, 2.75) is 17.0 Å². The van der Waals surface area contributed by atoms with Gasteiger partial charge in [0.25, 0.3) is 5.69 Å². The van der Waals surface area contributed by atoms with Crippen LogP contribution in [0.15, 0.2) is 47.6 Å². The molecule has 0 saturated carbocycles. The highest BCUT2D eigenvalue weighted by Crippen LogP contribution is 2.41. The van der Waals surface area contributed by atoms with Crippen LogP contribution < -0.4 is 0 Å². The van der Waals surface area contributed by atoms with E-state index in [-0.39, 0.29) is 22.0 Å². The van der Waals surface area contributed by atoms with E-state index in [1.54, 1.807) is 6.07 Å². The number of halogens is 1. The average Bonchev–Trinajstić information content (AvgIpc) is 3.21. The van der Waals surface area contributed by atoms with Crippen molar-refractivity contribution in [2.75, 3.05) is 5.75 Å². The molecule has 1 atom stereocenters. The van der Waals surface area contributed by atoms with Gasteiger partial charge in [0.15, 0.2) is 5.82 Å². The van der Waals surface area contributed by atoms with Gasteiger partial charge in [0.1, 0.15) is 0 Å². The molecule has 2 aromatic carbocycles. The van der Waals surface area contributed by atoms with E-state index in [4.69, 9.17) is 16.7 Å². The SMILES string of the molecule is O=C(O)CSc1n[nH]c(-c2cc(C3=Cc4ccccc4C(Cl)C3)cc([N+](=O)[O-])c2)n1. The van der Waals surface area contributed by atoms with Gasteiger partial charge in [0.05, 0.1) is 16.1 Å². The Morgan fingerprint density at radius 3 is 2.83 bits per heavy atom. The molecule has 3 aromatic rings. The third-order valence-corrected chi connectivity index (χ3v) is 5.85. The summed E-state index contributed by atoms with van der Waals surface area (Å²) in [7, 11) is 0. The Labute approximate surface area is 180 Å². The zero-order valence-electron chi connectivity index (χ0n) is 15.4. The second-order valence-corrected chi connectivity index (χ2v) is 8.11. The minimum absolute atomic E-state index is 0.0791. The van der Waals surface area contributed by atoms with E-state index in [1.807, 2.05) is 30.3 Å². The Hall–Kier alpha value is -3.17. The fourth-order valence-corrected chi connectivity index (χ4v) is 4.17. The number of aromatic amines is 1. The molecule has 1 aliphatic carbocycles. The molecule has 8 nitrogen and oxygen atoms in total. The van der Waals surface area contributed by atoms with Gasteiger partial charge >= 0.3 is 5.97 Å². The third-order valence-electron chi connectivity index (χ3n) is 4.62. The van der Waals surface area contributed by atoms with Crippen LogP contribution in [0.5, 0.6) is 0 Å². The number of aliphatic carboxylic acids is 1. The Morgan fingerprint density at radius 1 is 1.30 bits per heavy atom. The van der Waals surface area contributed by atoms with Crippen LogP contribution in [-0.4, -0.2) is 36.9 Å². The Morgan fingerprint density at radius 2 is 2.07 bits per heavy atom. The summed E-state index contributed by atoms with van der Waals surface area (Å²) in [6, 6.07) is 12.5. The summed E-state index contributed by atoms with van der Waals surface area (Å²) >= 11 is 7.52. The molecule has 0 spiro atoms. The van der Waals surface area contributed by atoms with Crippen LogP contribution in [-0.2, 0) is 4.79 Å². The number of allylic oxidation sites excluding steroid dienone is 1. The number of non-ortho nitro benzene ring substituents is 1. The van der Waals surface area contributed by atoms with E-state index in [2.05, 4.69) is 15.2 Å². The molecule has 0 aliphatic heterocycles. The molecule has 1 heterocycles. The lowest BCUT2D eigenvalue weighted by Crippen LogP contribution is -2.03. The van der Waals surface area contributed by atoms with Gasteiger partial charge in [-0.2, -0.15) is 0 Å². The molecule has 0 amide bonds. The number of nitro benzene ring substituents is 1. The maximum Gasteiger partial charge on any atom is 0.313 e. The van der Waals surface area contributed by atoms with Crippen molar-refractivity contribution in [3.63, 3.8) is 0 Å². The van der Waals surface area contributed by atoms with Crippen molar-refractivity contribution >= 4 is 46.7 Å². The molecule has 1 unspecified atom stereocenters. The van der Waals surface area contributed by atoms with Gasteiger partial charge in [-0.05, 0) is 34.8 Å². The topological polar surface area (TPSA) is 122 Å². The molecule has 152 valence electrons. The predicted molar refractivity (Wildman–Crippen MR) is 114 cm³/mol. The Balaban J connectivity index is 1.74. The van der Waals surface area contributed by atoms with Crippen molar-refractivity contribution in [2.24, 2.45) is 0 Å². The van der Waals surface area contributed by atoms with E-state index in [0.29, 0.717) is 23.4 Å². The van der Waals surface area contributed by atoms with Crippen LogP contribution >= 0.6 is 23.4 Å². The highest BCUT2D eigenvalue weighted by molar-refractivity contribution is 7.99. The molecule has 0 saturated heterocycles. The van der Waals surface area contributed by atoms with Gasteiger partial charge < -0.3 is 5.11 Å². The van der Waals surface area contributed by atoms with Crippen molar-refractivity contribution in [1.82, 2.24) is 15.2 Å². The smallest absolute Gasteiger partial charge is 0.313 e. The van der Waals surface area contributed by atoms with E-state index < -0.39 is 10.9 Å². The zero-order chi connectivity index (χ0) is 21.3. The molecular weight excluding hydrogens is 428 g/mol. The molecule has 2 N–H and O–H groups in total. The van der Waals surface area contributed by atoms with Crippen molar-refractivity contribution < 1.29 is 14.8 Å². The van der Waals surface area contributed by atoms with E-state index in [0.717, 1.165) is 28.5 Å². The van der Waals surface area contributed by atoms with Crippen molar-refractivity contribution in [1.29, 1.82) is 0 Å². The summed E-state index contributed by atoms with van der Waals surface area (Å²) in [6.07, 6.45) is 2.53. The van der Waals surface area contributed by atoms with Crippen LogP contribution in [0, 0.1) is 10.1 Å². The van der Waals surface area contributed by atoms with Crippen LogP contribution in [0.25, 0.3) is 23.0 Å². The summed E-state index contributed by atoms with van der Waals surface area (Å²) < 4.78 is 0. The van der Waals surface area contributed by atoms with Gasteiger partial charge in [0, 0.05) is 17.7 Å². The van der Waals surface area contributed by atoms with Crippen molar-refractivity contribution in [3.05, 3.63) is 69.3 Å². The number of hydrogen-bond donors (Lipinski definition) is 2. The molecule has 0 radical (unpaired) electrons. The number of fused-ring (bicyclic) bond motifs is 1. The molecule has 4 rings (SSSR count). The second kappa shape index (κ2) is 8.29. The summed E-state index contributed by atoms with van der Waals surface area (Å²) in [5, 5.41) is 27.0. The van der Waals surface area contributed by atoms with Crippen LogP contribution in [0.2, 0.25) is 0 Å². The maximum atomic E-state index is 11.5. The number of alkyl halides is 1. The summed E-state index contributed by atoms with van der Waals surface area (Å²) in [5.41, 5.74) is 3.99. The summed E-state index contributed by atoms with van der Waals surface area (Å²) in [6.45, 7) is 0. The lowest BCUT2D eigenvalue weighted by atomic mass is 9.87. The minimum atomic E-state index is -0.982. The Kier molecular flexibility index (Phi) is 5.56. The summed E-state index contributed by atoms with van der Waals surface area (Å²) in [5.74, 6) is -0.836. The number of carboxylic acids is 1. The van der Waals surface area contributed by atoms with E-state index >= 15 is 0 Å². The number of benzene rings is 2. The highest BCUT2D eigenvalue weighted by atomic mass is 35.5. The number of hydrogen-bond acceptors (Lipinski definition) is 6. The van der Waals surface area contributed by atoms with Crippen LogP contribution in [0.4, 0.5) is 5.69 Å². The molecule has 1 aromatic heterocycles. The van der Waals surface area contributed by atoms with Crippen LogP contribution in [0.3, 0.4) is 0 Å². The number of thioether (sulfide) groups is 1. The van der Waals surface area contributed by atoms with Crippen molar-refractivity contribution in [3.8, 4) is 11.4 Å². The number of nitrogens with zero attached hydrogens (tertiary/aromatic N) is 3. The number of H-pyrrole nitrogens is 1. The predicted octanol–water partition coefficient (Wildman–Crippen LogP) is 4.78. The number of nitro groups is 1. The molecule has 0 fully saturated rings. The summed E-state index contributed by atoms with van der Waals surface area (Å²) in [4.78, 5) is 26.0. The molecule has 10 heteroatoms. The lowest BCUT2D eigenvalue weighted by molar-refractivity contribution is -0.384. The Bertz CT molecular complexity index is 1180. The number of aromatic nitrogens is 3. The van der Waals surface area contributed by atoms with Gasteiger partial charge in [-0.1, -0.05) is 42.1 Å². The van der Waals surface area contributed by atoms with Crippen LogP contribution in [0.1, 0.15) is 28.5 Å². The largest absolute Gasteiger partial charge is 0.481 e. The van der Waals surface area contributed by atoms with Gasteiger partial charge in [0.2, 0.25) is 5.16 Å². The zero-order valence-corrected chi connectivity index (χ0v) is 17.0. The number of rotatable bonds is 6. The highest BCUT2D eigenvalue weighted by Gasteiger charge is 2.22. The molecule has 30 heavy (non-hydrogen) atoms. The molecule has 0 bridgehead atoms. The number of carbonyl (C=O) groups is 1. The standard InChI is InChI=1S/C20H15ClN4O4S/c21-17-9-13(5-11-3-1-2-4-16(11)17)12-6-14(8-15(7-12)25(28)29)19-22-20(24-23-19)30-10-18(26)27/h1-8,17H,9-10H2,(H,26,27)(H,22,23,24). The van der Waals surface area contributed by atoms with Gasteiger partial charge in [-0.15, -0.1) is 16.7 Å². The maximum absolute atomic E-state index is 11.5. The first-order valence-electron chi connectivity index (χ1n) is 8.91. The van der Waals surface area contributed by atoms with E-state index in [1.165, 1.54) is 12.1 Å². The van der Waals surface area contributed by atoms with Gasteiger partial charge in [-0.3, -0.25) is 20.0 Å². The van der Waals surface area contributed by atoms with E-state index in [9.17, 15) is 14.9 Å². The third kappa shape index (κ3) is 4.22. The first-order chi connectivity index (χ1) is 14.4. The first kappa shape index (κ1) is 20.1. The fraction of sp³-hybridized carbons (Fsp3) is 0.150. The quantitative estimate of drug-likeness (QED) is 0.244. The number of carboxylic acid groups (broad SMARTS) is 1. The monoisotopic (exact) mass is 442 g/mol. The number of nitrogens with one attached hydrogen (secondary N) is 1. The lowest BCUT2D eigenvalue weighted by Gasteiger charge is -2.21. The molecule has 1 aliphatic rings. The average molecular weight is 443 g/mol. The minimum Gasteiger partial charge on any atom is -0.481 e. The normalized spacial score (nSPS) is 15.4. The van der Waals surface area contributed by atoms with Gasteiger partial charge in [-0.25, -0.2) is 4.98 Å². The first-order valence-corrected chi connectivity index (χ1v) is 10.3. The fourth-order valence-electron chi connectivity index (χ4n) is 3.28. The second-order valence-electron chi connectivity index (χ2n) is 6.64. The molecular formula is C20H15ClN4O4S.